The van der Waals surface area contributed by atoms with Gasteiger partial charge in [0, 0.05) is 26.6 Å². The normalized spacial score (nSPS) is 19.1. The van der Waals surface area contributed by atoms with Crippen LogP contribution in [0.25, 0.3) is 0 Å². The molecule has 6 heteroatoms. The van der Waals surface area contributed by atoms with Crippen molar-refractivity contribution in [3.05, 3.63) is 65.0 Å². The van der Waals surface area contributed by atoms with E-state index < -0.39 is 6.10 Å². The van der Waals surface area contributed by atoms with Gasteiger partial charge in [-0.05, 0) is 66.6 Å². The zero-order valence-electron chi connectivity index (χ0n) is 18.1. The summed E-state index contributed by atoms with van der Waals surface area (Å²) in [6.07, 6.45) is 2.86. The van der Waals surface area contributed by atoms with Crippen LogP contribution in [0, 0.1) is 5.82 Å². The molecule has 2 aliphatic rings. The second kappa shape index (κ2) is 9.08. The fraction of sp³-hybridized carbons (Fsp3) is 0.440. The third kappa shape index (κ3) is 4.43. The predicted molar refractivity (Wildman–Crippen MR) is 116 cm³/mol. The number of amides is 2. The number of ether oxygens (including phenoxy) is 1. The van der Waals surface area contributed by atoms with E-state index in [2.05, 4.69) is 0 Å². The molecule has 2 heterocycles. The fourth-order valence-electron chi connectivity index (χ4n) is 4.66. The summed E-state index contributed by atoms with van der Waals surface area (Å²) < 4.78 is 20.1. The maximum absolute atomic E-state index is 14.0. The lowest BCUT2D eigenvalue weighted by Gasteiger charge is -2.37. The van der Waals surface area contributed by atoms with Crippen LogP contribution >= 0.6 is 0 Å². The van der Waals surface area contributed by atoms with Crippen molar-refractivity contribution in [2.45, 2.75) is 51.7 Å². The molecule has 0 bridgehead atoms. The van der Waals surface area contributed by atoms with Gasteiger partial charge >= 0.3 is 0 Å². The van der Waals surface area contributed by atoms with Gasteiger partial charge < -0.3 is 14.5 Å². The van der Waals surface area contributed by atoms with E-state index in [0.29, 0.717) is 18.7 Å². The highest BCUT2D eigenvalue weighted by Crippen LogP contribution is 2.37. The lowest BCUT2D eigenvalue weighted by molar-refractivity contribution is -0.137. The zero-order chi connectivity index (χ0) is 22.0. The minimum absolute atomic E-state index is 0.0322. The number of hydrogen-bond acceptors (Lipinski definition) is 3. The maximum Gasteiger partial charge on any atom is 0.263 e. The van der Waals surface area contributed by atoms with Gasteiger partial charge in [-0.2, -0.15) is 0 Å². The monoisotopic (exact) mass is 424 g/mol. The number of fused-ring (bicyclic) bond motifs is 1. The number of nitrogens with zero attached hydrogens (tertiary/aromatic N) is 2. The minimum atomic E-state index is -0.531. The third-order valence-electron chi connectivity index (χ3n) is 6.26. The minimum Gasteiger partial charge on any atom is -0.481 e. The molecule has 0 N–H and O–H groups in total. The quantitative estimate of drug-likeness (QED) is 0.726. The Hall–Kier alpha value is -2.89. The average molecular weight is 425 g/mol. The van der Waals surface area contributed by atoms with Crippen LogP contribution < -0.4 is 4.74 Å². The summed E-state index contributed by atoms with van der Waals surface area (Å²) in [6, 6.07) is 11.8. The van der Waals surface area contributed by atoms with E-state index in [1.807, 2.05) is 36.1 Å². The van der Waals surface area contributed by atoms with Crippen LogP contribution in [0.3, 0.4) is 0 Å². The Morgan fingerprint density at radius 2 is 1.90 bits per heavy atom. The summed E-state index contributed by atoms with van der Waals surface area (Å²) in [5, 5.41) is 0. The molecule has 2 aliphatic heterocycles. The summed E-state index contributed by atoms with van der Waals surface area (Å²) >= 11 is 0. The largest absolute Gasteiger partial charge is 0.481 e. The number of rotatable bonds is 5. The predicted octanol–water partition coefficient (Wildman–Crippen LogP) is 4.10. The highest BCUT2D eigenvalue weighted by molar-refractivity contribution is 5.81. The molecule has 0 radical (unpaired) electrons. The molecule has 2 aromatic carbocycles. The van der Waals surface area contributed by atoms with Crippen molar-refractivity contribution in [1.82, 2.24) is 9.80 Å². The first-order valence-corrected chi connectivity index (χ1v) is 11.1. The van der Waals surface area contributed by atoms with Crippen molar-refractivity contribution in [1.29, 1.82) is 0 Å². The van der Waals surface area contributed by atoms with Gasteiger partial charge in [0.15, 0.2) is 6.10 Å². The third-order valence-corrected chi connectivity index (χ3v) is 6.26. The van der Waals surface area contributed by atoms with Gasteiger partial charge in [-0.25, -0.2) is 4.39 Å². The fourth-order valence-corrected chi connectivity index (χ4v) is 4.66. The lowest BCUT2D eigenvalue weighted by atomic mass is 9.88. The first-order valence-electron chi connectivity index (χ1n) is 11.1. The van der Waals surface area contributed by atoms with Gasteiger partial charge in [0.25, 0.3) is 5.91 Å². The van der Waals surface area contributed by atoms with Crippen LogP contribution in [0.4, 0.5) is 4.39 Å². The molecule has 31 heavy (non-hydrogen) atoms. The smallest absolute Gasteiger partial charge is 0.263 e. The highest BCUT2D eigenvalue weighted by atomic mass is 19.1. The van der Waals surface area contributed by atoms with Crippen molar-refractivity contribution in [2.24, 2.45) is 0 Å². The molecular weight excluding hydrogens is 395 g/mol. The Morgan fingerprint density at radius 1 is 1.13 bits per heavy atom. The number of carbonyl (C=O) groups excluding carboxylic acids is 2. The van der Waals surface area contributed by atoms with Crippen LogP contribution in [-0.2, 0) is 16.0 Å². The Kier molecular flexibility index (Phi) is 6.25. The van der Waals surface area contributed by atoms with Gasteiger partial charge in [0.05, 0.1) is 6.04 Å². The molecule has 0 aliphatic carbocycles. The Balaban J connectivity index is 1.66. The summed E-state index contributed by atoms with van der Waals surface area (Å²) in [5.74, 6) is 0.249. The summed E-state index contributed by atoms with van der Waals surface area (Å²) in [7, 11) is 0. The molecule has 0 spiro atoms. The number of halogens is 1. The highest BCUT2D eigenvalue weighted by Gasteiger charge is 2.32. The summed E-state index contributed by atoms with van der Waals surface area (Å²) in [4.78, 5) is 28.9. The van der Waals surface area contributed by atoms with Crippen LogP contribution in [0.2, 0.25) is 0 Å². The van der Waals surface area contributed by atoms with Crippen molar-refractivity contribution in [3.8, 4) is 5.75 Å². The number of hydrogen-bond donors (Lipinski definition) is 0. The van der Waals surface area contributed by atoms with Gasteiger partial charge in [-0.1, -0.05) is 25.1 Å². The second-order valence-corrected chi connectivity index (χ2v) is 8.33. The summed E-state index contributed by atoms with van der Waals surface area (Å²) in [6.45, 7) is 5.65. The molecule has 0 saturated carbocycles. The van der Waals surface area contributed by atoms with Crippen molar-refractivity contribution >= 4 is 11.8 Å². The van der Waals surface area contributed by atoms with Crippen molar-refractivity contribution in [3.63, 3.8) is 0 Å². The summed E-state index contributed by atoms with van der Waals surface area (Å²) in [5.41, 5.74) is 2.76. The average Bonchev–Trinajstić information content (AvgIpc) is 3.31. The van der Waals surface area contributed by atoms with Crippen LogP contribution in [0.15, 0.2) is 42.5 Å². The molecule has 1 saturated heterocycles. The van der Waals surface area contributed by atoms with Crippen molar-refractivity contribution < 1.29 is 18.7 Å². The second-order valence-electron chi connectivity index (χ2n) is 8.33. The van der Waals surface area contributed by atoms with Gasteiger partial charge in [0.2, 0.25) is 5.91 Å². The molecule has 1 fully saturated rings. The Bertz CT molecular complexity index is 971. The van der Waals surface area contributed by atoms with Crippen LogP contribution in [0.1, 0.15) is 55.8 Å². The van der Waals surface area contributed by atoms with Gasteiger partial charge in [-0.15, -0.1) is 0 Å². The molecule has 2 atom stereocenters. The van der Waals surface area contributed by atoms with E-state index in [0.717, 1.165) is 49.0 Å². The van der Waals surface area contributed by atoms with E-state index in [-0.39, 0.29) is 23.7 Å². The maximum atomic E-state index is 14.0. The van der Waals surface area contributed by atoms with E-state index >= 15 is 0 Å². The number of carbonyl (C=O) groups is 2. The van der Waals surface area contributed by atoms with Gasteiger partial charge in [-0.3, -0.25) is 9.59 Å². The number of benzene rings is 2. The molecule has 4 rings (SSSR count). The Morgan fingerprint density at radius 3 is 2.58 bits per heavy atom. The molecule has 164 valence electrons. The standard InChI is InChI=1S/C25H29FN2O3/c1-3-23(25(30)27-12-4-5-13-27)31-21-10-9-18-11-14-28(17(2)29)24(22(18)16-21)19-7-6-8-20(26)15-19/h6-10,15-16,23-24H,3-5,11-14H2,1-2H3. The van der Waals surface area contributed by atoms with E-state index in [9.17, 15) is 14.0 Å². The van der Waals surface area contributed by atoms with Crippen LogP contribution in [0.5, 0.6) is 5.75 Å². The topological polar surface area (TPSA) is 49.9 Å². The number of likely N-dealkylation sites (tertiary alicyclic amines) is 1. The van der Waals surface area contributed by atoms with Gasteiger partial charge in [0.1, 0.15) is 11.6 Å². The first kappa shape index (κ1) is 21.3. The van der Waals surface area contributed by atoms with Crippen LogP contribution in [-0.4, -0.2) is 47.4 Å². The molecule has 2 unspecified atom stereocenters. The van der Waals surface area contributed by atoms with E-state index in [4.69, 9.17) is 4.74 Å². The molecule has 5 nitrogen and oxygen atoms in total. The van der Waals surface area contributed by atoms with E-state index in [1.54, 1.807) is 17.9 Å². The molecule has 2 aromatic rings. The SMILES string of the molecule is CCC(Oc1ccc2c(c1)C(c1cccc(F)c1)N(C(C)=O)CC2)C(=O)N1CCCC1. The first-order chi connectivity index (χ1) is 15.0. The van der Waals surface area contributed by atoms with E-state index in [1.165, 1.54) is 12.1 Å². The Labute approximate surface area is 182 Å². The van der Waals surface area contributed by atoms with Crippen molar-refractivity contribution in [2.75, 3.05) is 19.6 Å². The molecular formula is C25H29FN2O3. The molecule has 0 aromatic heterocycles. The zero-order valence-corrected chi connectivity index (χ0v) is 18.1. The lowest BCUT2D eigenvalue weighted by Crippen LogP contribution is -2.40. The molecule has 2 amide bonds.